The van der Waals surface area contributed by atoms with E-state index >= 15 is 0 Å². The normalized spacial score (nSPS) is 11.3. The van der Waals surface area contributed by atoms with Crippen molar-refractivity contribution in [3.63, 3.8) is 0 Å². The second-order valence-electron chi connectivity index (χ2n) is 6.73. The lowest BCUT2D eigenvalue weighted by atomic mass is 10.1. The molecule has 30 heavy (non-hydrogen) atoms. The van der Waals surface area contributed by atoms with Crippen molar-refractivity contribution >= 4 is 44.0 Å². The summed E-state index contributed by atoms with van der Waals surface area (Å²) in [6.45, 7) is 0.0872. The SMILES string of the molecule is Cn1cc(-c2cc(OCCO)c3c(Nc4ccc5ncsc5c4)ncnc3c2)cn1. The van der Waals surface area contributed by atoms with Crippen molar-refractivity contribution in [1.82, 2.24) is 24.7 Å². The van der Waals surface area contributed by atoms with Gasteiger partial charge < -0.3 is 15.2 Å². The number of benzene rings is 2. The van der Waals surface area contributed by atoms with Gasteiger partial charge >= 0.3 is 0 Å². The zero-order valence-electron chi connectivity index (χ0n) is 16.1. The predicted molar refractivity (Wildman–Crippen MR) is 117 cm³/mol. The largest absolute Gasteiger partial charge is 0.490 e. The summed E-state index contributed by atoms with van der Waals surface area (Å²) in [6, 6.07) is 9.89. The number of anilines is 2. The summed E-state index contributed by atoms with van der Waals surface area (Å²) >= 11 is 1.59. The first-order chi connectivity index (χ1) is 14.7. The number of aliphatic hydroxyl groups excluding tert-OH is 1. The summed E-state index contributed by atoms with van der Waals surface area (Å²) in [7, 11) is 1.87. The van der Waals surface area contributed by atoms with Crippen LogP contribution in [0.2, 0.25) is 0 Å². The van der Waals surface area contributed by atoms with E-state index in [1.165, 1.54) is 6.33 Å². The Labute approximate surface area is 175 Å². The summed E-state index contributed by atoms with van der Waals surface area (Å²) < 4.78 is 8.71. The van der Waals surface area contributed by atoms with Crippen molar-refractivity contribution < 1.29 is 9.84 Å². The van der Waals surface area contributed by atoms with Gasteiger partial charge in [-0.15, -0.1) is 11.3 Å². The van der Waals surface area contributed by atoms with Crippen LogP contribution < -0.4 is 10.1 Å². The Morgan fingerprint density at radius 3 is 2.87 bits per heavy atom. The summed E-state index contributed by atoms with van der Waals surface area (Å²) in [5.74, 6) is 1.23. The van der Waals surface area contributed by atoms with Gasteiger partial charge in [-0.25, -0.2) is 15.0 Å². The van der Waals surface area contributed by atoms with E-state index in [0.717, 1.165) is 37.9 Å². The highest BCUT2D eigenvalue weighted by Crippen LogP contribution is 2.36. The summed E-state index contributed by atoms with van der Waals surface area (Å²) in [4.78, 5) is 13.2. The second-order valence-corrected chi connectivity index (χ2v) is 7.61. The van der Waals surface area contributed by atoms with E-state index in [-0.39, 0.29) is 13.2 Å². The molecule has 0 bridgehead atoms. The van der Waals surface area contributed by atoms with E-state index in [1.54, 1.807) is 22.2 Å². The number of hydrogen-bond donors (Lipinski definition) is 2. The lowest BCUT2D eigenvalue weighted by Crippen LogP contribution is -2.04. The van der Waals surface area contributed by atoms with Crippen molar-refractivity contribution in [1.29, 1.82) is 0 Å². The molecule has 0 unspecified atom stereocenters. The van der Waals surface area contributed by atoms with Crippen LogP contribution in [0.4, 0.5) is 11.5 Å². The van der Waals surface area contributed by atoms with Crippen LogP contribution in [0, 0.1) is 0 Å². The molecule has 0 aliphatic carbocycles. The molecule has 5 aromatic rings. The van der Waals surface area contributed by atoms with Crippen LogP contribution in [0.5, 0.6) is 5.75 Å². The summed E-state index contributed by atoms with van der Waals surface area (Å²) in [5.41, 5.74) is 6.31. The molecule has 0 amide bonds. The van der Waals surface area contributed by atoms with Crippen molar-refractivity contribution in [2.75, 3.05) is 18.5 Å². The summed E-state index contributed by atoms with van der Waals surface area (Å²) in [5, 5.41) is 17.7. The Hall–Kier alpha value is -3.56. The van der Waals surface area contributed by atoms with Gasteiger partial charge in [0.2, 0.25) is 0 Å². The van der Waals surface area contributed by atoms with Gasteiger partial charge in [0.25, 0.3) is 0 Å². The first-order valence-corrected chi connectivity index (χ1v) is 10.2. The highest BCUT2D eigenvalue weighted by molar-refractivity contribution is 7.16. The molecule has 5 rings (SSSR count). The van der Waals surface area contributed by atoms with Crippen molar-refractivity contribution in [2.45, 2.75) is 0 Å². The fourth-order valence-corrected chi connectivity index (χ4v) is 4.04. The minimum absolute atomic E-state index is 0.0862. The maximum absolute atomic E-state index is 9.28. The molecule has 0 saturated heterocycles. The molecule has 0 radical (unpaired) electrons. The molecule has 8 nitrogen and oxygen atoms in total. The zero-order chi connectivity index (χ0) is 20.5. The van der Waals surface area contributed by atoms with E-state index in [1.807, 2.05) is 49.1 Å². The molecule has 0 aliphatic heterocycles. The van der Waals surface area contributed by atoms with Crippen LogP contribution in [0.1, 0.15) is 0 Å². The second kappa shape index (κ2) is 7.69. The lowest BCUT2D eigenvalue weighted by Gasteiger charge is -2.14. The number of fused-ring (bicyclic) bond motifs is 2. The molecule has 9 heteroatoms. The maximum atomic E-state index is 9.28. The third kappa shape index (κ3) is 3.44. The number of nitrogens with zero attached hydrogens (tertiary/aromatic N) is 5. The van der Waals surface area contributed by atoms with E-state index in [9.17, 15) is 5.11 Å². The summed E-state index contributed by atoms with van der Waals surface area (Å²) in [6.07, 6.45) is 5.25. The average molecular weight is 418 g/mol. The number of aromatic nitrogens is 5. The van der Waals surface area contributed by atoms with Gasteiger partial charge in [-0.05, 0) is 35.9 Å². The number of aryl methyl sites for hydroxylation is 1. The number of rotatable bonds is 6. The Kier molecular flexibility index (Phi) is 4.74. The Bertz CT molecular complexity index is 1350. The number of thiazole rings is 1. The highest BCUT2D eigenvalue weighted by atomic mass is 32.1. The van der Waals surface area contributed by atoms with Gasteiger partial charge in [0.15, 0.2) is 0 Å². The minimum Gasteiger partial charge on any atom is -0.490 e. The molecule has 3 aromatic heterocycles. The quantitative estimate of drug-likeness (QED) is 0.433. The molecule has 0 fully saturated rings. The average Bonchev–Trinajstić information content (AvgIpc) is 3.40. The van der Waals surface area contributed by atoms with E-state index in [4.69, 9.17) is 4.74 Å². The molecule has 0 saturated carbocycles. The monoisotopic (exact) mass is 418 g/mol. The van der Waals surface area contributed by atoms with E-state index in [2.05, 4.69) is 25.4 Å². The first kappa shape index (κ1) is 18.5. The van der Waals surface area contributed by atoms with Crippen LogP contribution in [0.25, 0.3) is 32.2 Å². The molecule has 0 spiro atoms. The van der Waals surface area contributed by atoms with E-state index < -0.39 is 0 Å². The lowest BCUT2D eigenvalue weighted by molar-refractivity contribution is 0.203. The minimum atomic E-state index is -0.0862. The number of ether oxygens (including phenoxy) is 1. The zero-order valence-corrected chi connectivity index (χ0v) is 16.9. The van der Waals surface area contributed by atoms with Crippen LogP contribution >= 0.6 is 11.3 Å². The van der Waals surface area contributed by atoms with Gasteiger partial charge in [-0.3, -0.25) is 4.68 Å². The molecule has 150 valence electrons. The van der Waals surface area contributed by atoms with Crippen LogP contribution in [0.15, 0.2) is 54.6 Å². The van der Waals surface area contributed by atoms with Crippen molar-refractivity contribution in [2.24, 2.45) is 7.05 Å². The van der Waals surface area contributed by atoms with Gasteiger partial charge in [-0.1, -0.05) is 0 Å². The highest BCUT2D eigenvalue weighted by Gasteiger charge is 2.15. The molecule has 0 atom stereocenters. The molecular formula is C21H18N6O2S. The van der Waals surface area contributed by atoms with Crippen LogP contribution in [0.3, 0.4) is 0 Å². The molecular weight excluding hydrogens is 400 g/mol. The fourth-order valence-electron chi connectivity index (χ4n) is 3.32. The standard InChI is InChI=1S/C21H18N6O2S/c1-27-10-14(9-25-27)13-6-17-20(18(7-13)29-5-4-28)21(23-11-22-17)26-15-2-3-16-19(8-15)30-12-24-16/h2-3,6-12,28H,4-5H2,1H3,(H,22,23,26). The predicted octanol–water partition coefficient (Wildman–Crippen LogP) is 3.75. The van der Waals surface area contributed by atoms with Gasteiger partial charge in [0.1, 0.15) is 24.5 Å². The number of nitrogens with one attached hydrogen (secondary N) is 1. The molecule has 0 aliphatic rings. The van der Waals surface area contributed by atoms with Crippen molar-refractivity contribution in [3.05, 3.63) is 54.6 Å². The molecule has 2 N–H and O–H groups in total. The van der Waals surface area contributed by atoms with Gasteiger partial charge in [0, 0.05) is 24.5 Å². The smallest absolute Gasteiger partial charge is 0.145 e. The Morgan fingerprint density at radius 2 is 2.03 bits per heavy atom. The first-order valence-electron chi connectivity index (χ1n) is 9.33. The third-order valence-electron chi connectivity index (χ3n) is 4.68. The van der Waals surface area contributed by atoms with Gasteiger partial charge in [-0.2, -0.15) is 5.10 Å². The van der Waals surface area contributed by atoms with Crippen LogP contribution in [-0.2, 0) is 7.05 Å². The maximum Gasteiger partial charge on any atom is 0.145 e. The third-order valence-corrected chi connectivity index (χ3v) is 5.47. The number of hydrogen-bond acceptors (Lipinski definition) is 8. The Morgan fingerprint density at radius 1 is 1.10 bits per heavy atom. The molecule has 2 aromatic carbocycles. The van der Waals surface area contributed by atoms with Crippen molar-refractivity contribution in [3.8, 4) is 16.9 Å². The van der Waals surface area contributed by atoms with Crippen LogP contribution in [-0.4, -0.2) is 43.1 Å². The Balaban J connectivity index is 1.62. The topological polar surface area (TPSA) is 98.0 Å². The van der Waals surface area contributed by atoms with Gasteiger partial charge in [0.05, 0.1) is 39.4 Å². The number of aliphatic hydroxyl groups is 1. The van der Waals surface area contributed by atoms with E-state index in [0.29, 0.717) is 11.6 Å². The fraction of sp³-hybridized carbons (Fsp3) is 0.143. The molecule has 3 heterocycles.